The van der Waals surface area contributed by atoms with Crippen molar-refractivity contribution in [2.75, 3.05) is 13.2 Å². The van der Waals surface area contributed by atoms with Gasteiger partial charge in [-0.3, -0.25) is 4.67 Å². The molecule has 0 saturated heterocycles. The third-order valence-corrected chi connectivity index (χ3v) is 3.98. The van der Waals surface area contributed by atoms with E-state index in [1.165, 1.54) is 5.56 Å². The normalized spacial score (nSPS) is 18.2. The van der Waals surface area contributed by atoms with E-state index < -0.39 is 0 Å². The molecule has 0 N–H and O–H groups in total. The second kappa shape index (κ2) is 4.37. The van der Waals surface area contributed by atoms with E-state index in [4.69, 9.17) is 4.74 Å². The number of hydrogen-bond donors (Lipinski definition) is 0. The first kappa shape index (κ1) is 9.40. The summed E-state index contributed by atoms with van der Waals surface area (Å²) in [6, 6.07) is 8.28. The van der Waals surface area contributed by atoms with Crippen molar-refractivity contribution in [2.45, 2.75) is 6.54 Å². The van der Waals surface area contributed by atoms with Gasteiger partial charge >= 0.3 is 0 Å². The quantitative estimate of drug-likeness (QED) is 0.663. The Balaban J connectivity index is 2.23. The Morgan fingerprint density at radius 1 is 1.38 bits per heavy atom. The molecule has 0 bridgehead atoms. The minimum atomic E-state index is 0.785. The first-order valence-corrected chi connectivity index (χ1v) is 7.08. The van der Waals surface area contributed by atoms with Crippen LogP contribution < -0.4 is 4.74 Å². The molecule has 2 nitrogen and oxygen atoms in total. The van der Waals surface area contributed by atoms with Crippen LogP contribution in [0.3, 0.4) is 0 Å². The molecular weight excluding hydrogens is 200 g/mol. The molecule has 0 fully saturated rings. The molecule has 0 radical (unpaired) electrons. The van der Waals surface area contributed by atoms with Crippen molar-refractivity contribution in [3.8, 4) is 5.75 Å². The van der Waals surface area contributed by atoms with Gasteiger partial charge in [-0.05, 0) is 14.5 Å². The second-order valence-electron chi connectivity index (χ2n) is 3.01. The molecule has 1 aromatic rings. The summed E-state index contributed by atoms with van der Waals surface area (Å²) in [4.78, 5) is 0. The minimum absolute atomic E-state index is 0.785. The van der Waals surface area contributed by atoms with Gasteiger partial charge < -0.3 is 4.74 Å². The Morgan fingerprint density at radius 3 is 3.08 bits per heavy atom. The van der Waals surface area contributed by atoms with Crippen molar-refractivity contribution in [1.82, 2.24) is 4.67 Å². The molecule has 1 aliphatic rings. The highest BCUT2D eigenvalue weighted by Crippen LogP contribution is 2.32. The van der Waals surface area contributed by atoms with Gasteiger partial charge in [0, 0.05) is 18.7 Å². The van der Waals surface area contributed by atoms with Gasteiger partial charge in [-0.25, -0.2) is 0 Å². The highest BCUT2D eigenvalue weighted by atomic mass is 32.0. The van der Waals surface area contributed by atoms with Gasteiger partial charge in [-0.1, -0.05) is 27.1 Å². The van der Waals surface area contributed by atoms with Crippen LogP contribution in [0.2, 0.25) is 0 Å². The molecule has 0 aliphatic carbocycles. The molecule has 0 saturated carbocycles. The summed E-state index contributed by atoms with van der Waals surface area (Å²) in [7, 11) is 3.57. The number of nitrogens with zero attached hydrogens (tertiary/aromatic N) is 1. The van der Waals surface area contributed by atoms with Gasteiger partial charge in [-0.15, -0.1) is 0 Å². The molecular formula is C9H13NOP2. The van der Waals surface area contributed by atoms with Gasteiger partial charge in [0.2, 0.25) is 0 Å². The van der Waals surface area contributed by atoms with E-state index in [0.29, 0.717) is 0 Å². The maximum atomic E-state index is 5.63. The summed E-state index contributed by atoms with van der Waals surface area (Å²) < 4.78 is 8.02. The Bertz CT molecular complexity index is 293. The van der Waals surface area contributed by atoms with Crippen molar-refractivity contribution in [2.24, 2.45) is 0 Å². The number of ether oxygens (including phenoxy) is 1. The van der Waals surface area contributed by atoms with Crippen LogP contribution in [0.1, 0.15) is 5.56 Å². The predicted octanol–water partition coefficient (Wildman–Crippen LogP) is 2.26. The van der Waals surface area contributed by atoms with Crippen LogP contribution in [-0.2, 0) is 6.54 Å². The van der Waals surface area contributed by atoms with Gasteiger partial charge in [0.1, 0.15) is 12.4 Å². The molecule has 70 valence electrons. The fourth-order valence-electron chi connectivity index (χ4n) is 1.44. The summed E-state index contributed by atoms with van der Waals surface area (Å²) >= 11 is 0. The zero-order valence-electron chi connectivity index (χ0n) is 7.36. The fraction of sp³-hybridized carbons (Fsp3) is 0.333. The maximum Gasteiger partial charge on any atom is 0.123 e. The molecule has 0 spiro atoms. The third kappa shape index (κ3) is 2.20. The number of benzene rings is 1. The van der Waals surface area contributed by atoms with E-state index in [1.807, 2.05) is 12.1 Å². The Labute approximate surface area is 82.6 Å². The SMILES string of the molecule is PPN1CCOc2ccccc2C1. The fourth-order valence-corrected chi connectivity index (χ4v) is 2.58. The first-order valence-electron chi connectivity index (χ1n) is 4.32. The van der Waals surface area contributed by atoms with Crippen LogP contribution in [0.15, 0.2) is 24.3 Å². The van der Waals surface area contributed by atoms with Gasteiger partial charge in [0.05, 0.1) is 0 Å². The van der Waals surface area contributed by atoms with Gasteiger partial charge in [0.25, 0.3) is 0 Å². The number of hydrogen-bond acceptors (Lipinski definition) is 2. The van der Waals surface area contributed by atoms with Crippen molar-refractivity contribution >= 4 is 17.3 Å². The van der Waals surface area contributed by atoms with E-state index in [2.05, 4.69) is 25.7 Å². The summed E-state index contributed by atoms with van der Waals surface area (Å²) in [5.41, 5.74) is 1.30. The molecule has 4 heteroatoms. The molecule has 1 aromatic carbocycles. The monoisotopic (exact) mass is 213 g/mol. The standard InChI is InChI=1S/C9H13NOP2/c12-13-10-5-6-11-9-4-2-1-3-8(9)7-10/h1-4,13H,5-7,12H2. The Morgan fingerprint density at radius 2 is 2.23 bits per heavy atom. The zero-order chi connectivity index (χ0) is 9.10. The van der Waals surface area contributed by atoms with Crippen molar-refractivity contribution in [1.29, 1.82) is 0 Å². The van der Waals surface area contributed by atoms with Crippen molar-refractivity contribution in [3.63, 3.8) is 0 Å². The zero-order valence-corrected chi connectivity index (χ0v) is 9.52. The molecule has 2 rings (SSSR count). The lowest BCUT2D eigenvalue weighted by Crippen LogP contribution is -2.15. The smallest absolute Gasteiger partial charge is 0.123 e. The highest BCUT2D eigenvalue weighted by molar-refractivity contribution is 8.01. The largest absolute Gasteiger partial charge is 0.492 e. The number of rotatable bonds is 1. The van der Waals surface area contributed by atoms with E-state index in [-0.39, 0.29) is 0 Å². The lowest BCUT2D eigenvalue weighted by Gasteiger charge is -2.15. The predicted molar refractivity (Wildman–Crippen MR) is 60.4 cm³/mol. The molecule has 0 amide bonds. The summed E-state index contributed by atoms with van der Waals surface area (Å²) in [6.45, 7) is 2.84. The van der Waals surface area contributed by atoms with Crippen LogP contribution in [0.4, 0.5) is 0 Å². The lowest BCUT2D eigenvalue weighted by molar-refractivity contribution is 0.301. The second-order valence-corrected chi connectivity index (χ2v) is 4.67. The summed E-state index contributed by atoms with van der Waals surface area (Å²) in [5, 5.41) is 0. The van der Waals surface area contributed by atoms with E-state index >= 15 is 0 Å². The maximum absolute atomic E-state index is 5.63. The molecule has 2 unspecified atom stereocenters. The topological polar surface area (TPSA) is 12.5 Å². The summed E-state index contributed by atoms with van der Waals surface area (Å²) in [5.74, 6) is 1.05. The molecule has 0 aromatic heterocycles. The van der Waals surface area contributed by atoms with Crippen molar-refractivity contribution < 1.29 is 4.74 Å². The highest BCUT2D eigenvalue weighted by Gasteiger charge is 2.12. The molecule has 1 aliphatic heterocycles. The van der Waals surface area contributed by atoms with Crippen molar-refractivity contribution in [3.05, 3.63) is 29.8 Å². The van der Waals surface area contributed by atoms with E-state index in [9.17, 15) is 0 Å². The van der Waals surface area contributed by atoms with Crippen LogP contribution in [0, 0.1) is 0 Å². The number of para-hydroxylation sites is 1. The van der Waals surface area contributed by atoms with Crippen LogP contribution >= 0.6 is 17.3 Å². The lowest BCUT2D eigenvalue weighted by atomic mass is 10.2. The Hall–Kier alpha value is -0.160. The summed E-state index contributed by atoms with van der Waals surface area (Å²) in [6.07, 6.45) is 0. The Kier molecular flexibility index (Phi) is 3.16. The van der Waals surface area contributed by atoms with Crippen LogP contribution in [0.25, 0.3) is 0 Å². The van der Waals surface area contributed by atoms with Crippen LogP contribution in [-0.4, -0.2) is 17.8 Å². The number of fused-ring (bicyclic) bond motifs is 1. The average Bonchev–Trinajstić information content (AvgIpc) is 2.38. The van der Waals surface area contributed by atoms with Crippen LogP contribution in [0.5, 0.6) is 5.75 Å². The average molecular weight is 213 g/mol. The molecule has 1 heterocycles. The molecule has 2 atom stereocenters. The van der Waals surface area contributed by atoms with E-state index in [1.54, 1.807) is 0 Å². The van der Waals surface area contributed by atoms with Gasteiger partial charge in [-0.2, -0.15) is 0 Å². The van der Waals surface area contributed by atoms with E-state index in [0.717, 1.165) is 33.9 Å². The first-order chi connectivity index (χ1) is 6.40. The molecule has 13 heavy (non-hydrogen) atoms. The van der Waals surface area contributed by atoms with Gasteiger partial charge in [0.15, 0.2) is 0 Å². The third-order valence-electron chi connectivity index (χ3n) is 2.14. The minimum Gasteiger partial charge on any atom is -0.492 e.